The van der Waals surface area contributed by atoms with Crippen LogP contribution in [0.15, 0.2) is 9.98 Å². The molecule has 1 aliphatic heterocycles. The largest absolute Gasteiger partial charge is 0.389 e. The van der Waals surface area contributed by atoms with Crippen LogP contribution in [-0.2, 0) is 0 Å². The smallest absolute Gasteiger partial charge is 0.186 e. The second-order valence-corrected chi connectivity index (χ2v) is 6.84. The molecule has 1 aliphatic carbocycles. The topological polar surface area (TPSA) is 36.4 Å². The Labute approximate surface area is 114 Å². The maximum absolute atomic E-state index is 10.6. The summed E-state index contributed by atoms with van der Waals surface area (Å²) in [6, 6.07) is 0. The van der Waals surface area contributed by atoms with Gasteiger partial charge in [-0.1, -0.05) is 12.8 Å². The van der Waals surface area contributed by atoms with Gasteiger partial charge >= 0.3 is 0 Å². The van der Waals surface area contributed by atoms with Crippen LogP contribution in [0.3, 0.4) is 0 Å². The van der Waals surface area contributed by atoms with Crippen molar-refractivity contribution in [3.8, 4) is 0 Å². The molecule has 1 N–H and O–H groups in total. The van der Waals surface area contributed by atoms with Crippen LogP contribution in [0.4, 0.5) is 5.13 Å². The molecule has 0 spiro atoms. The Balaban J connectivity index is 1.75. The average molecular weight is 317 g/mol. The van der Waals surface area contributed by atoms with E-state index < -0.39 is 0 Å². The van der Waals surface area contributed by atoms with E-state index in [0.717, 1.165) is 35.7 Å². The van der Waals surface area contributed by atoms with E-state index in [9.17, 15) is 5.11 Å². The number of hydrogen-bond donors (Lipinski definition) is 1. The van der Waals surface area contributed by atoms with E-state index in [-0.39, 0.29) is 5.60 Å². The van der Waals surface area contributed by atoms with Crippen LogP contribution in [0.2, 0.25) is 0 Å². The van der Waals surface area contributed by atoms with Crippen LogP contribution >= 0.6 is 27.3 Å². The quantitative estimate of drug-likeness (QED) is 0.865. The van der Waals surface area contributed by atoms with Gasteiger partial charge in [-0.3, -0.25) is 0 Å². The summed E-state index contributed by atoms with van der Waals surface area (Å²) in [7, 11) is 0. The maximum atomic E-state index is 10.6. The Bertz CT molecular complexity index is 411. The number of aliphatic hydroxyl groups is 1. The summed E-state index contributed by atoms with van der Waals surface area (Å²) in [5, 5.41) is 13.7. The van der Waals surface area contributed by atoms with Gasteiger partial charge in [0.2, 0.25) is 0 Å². The number of piperidine rings is 1. The first-order valence-corrected chi connectivity index (χ1v) is 7.93. The molecule has 0 aromatic carbocycles. The minimum absolute atomic E-state index is 0.386. The molecule has 2 heterocycles. The molecule has 1 saturated carbocycles. The molecule has 5 heteroatoms. The van der Waals surface area contributed by atoms with Gasteiger partial charge in [-0.2, -0.15) is 0 Å². The van der Waals surface area contributed by atoms with Crippen LogP contribution in [0.5, 0.6) is 0 Å². The number of nitrogens with zero attached hydrogens (tertiary/aromatic N) is 2. The monoisotopic (exact) mass is 316 g/mol. The Hall–Kier alpha value is -0.130. The van der Waals surface area contributed by atoms with E-state index >= 15 is 0 Å². The lowest BCUT2D eigenvalue weighted by Gasteiger charge is -2.47. The van der Waals surface area contributed by atoms with Gasteiger partial charge in [-0.25, -0.2) is 4.98 Å². The maximum Gasteiger partial charge on any atom is 0.186 e. The molecule has 94 valence electrons. The van der Waals surface area contributed by atoms with Crippen LogP contribution in [-0.4, -0.2) is 28.8 Å². The van der Waals surface area contributed by atoms with Gasteiger partial charge in [0.25, 0.3) is 0 Å². The second-order valence-electron chi connectivity index (χ2n) is 5.20. The second kappa shape index (κ2) is 4.52. The first-order valence-electron chi connectivity index (χ1n) is 6.26. The highest BCUT2D eigenvalue weighted by Gasteiger charge is 2.43. The summed E-state index contributed by atoms with van der Waals surface area (Å²) in [4.78, 5) is 6.81. The molecule has 2 fully saturated rings. The average Bonchev–Trinajstić information content (AvgIpc) is 2.75. The fourth-order valence-electron chi connectivity index (χ4n) is 3.14. The lowest BCUT2D eigenvalue weighted by Crippen LogP contribution is -2.53. The minimum atomic E-state index is -0.386. The molecule has 1 aromatic heterocycles. The summed E-state index contributed by atoms with van der Waals surface area (Å²) in [5.41, 5.74) is -0.386. The highest BCUT2D eigenvalue weighted by molar-refractivity contribution is 9.10. The van der Waals surface area contributed by atoms with Crippen LogP contribution in [0.25, 0.3) is 0 Å². The van der Waals surface area contributed by atoms with E-state index in [4.69, 9.17) is 0 Å². The number of anilines is 1. The van der Waals surface area contributed by atoms with Gasteiger partial charge in [0.15, 0.2) is 5.13 Å². The lowest BCUT2D eigenvalue weighted by atomic mass is 9.71. The van der Waals surface area contributed by atoms with Crippen molar-refractivity contribution in [1.29, 1.82) is 0 Å². The van der Waals surface area contributed by atoms with E-state index in [1.165, 1.54) is 19.3 Å². The third-order valence-electron chi connectivity index (χ3n) is 4.16. The molecule has 3 rings (SSSR count). The summed E-state index contributed by atoms with van der Waals surface area (Å²) in [6.45, 7) is 1.91. The molecule has 0 amide bonds. The molecule has 1 aromatic rings. The predicted molar refractivity (Wildman–Crippen MR) is 73.6 cm³/mol. The number of fused-ring (bicyclic) bond motifs is 1. The number of rotatable bonds is 1. The summed E-state index contributed by atoms with van der Waals surface area (Å²) >= 11 is 5.08. The molecule has 2 atom stereocenters. The molecular weight excluding hydrogens is 300 g/mol. The Kier molecular flexibility index (Phi) is 3.17. The first kappa shape index (κ1) is 11.9. The van der Waals surface area contributed by atoms with Crippen molar-refractivity contribution in [3.05, 3.63) is 9.98 Å². The Morgan fingerprint density at radius 3 is 3.12 bits per heavy atom. The van der Waals surface area contributed by atoms with Gasteiger partial charge in [0, 0.05) is 24.4 Å². The van der Waals surface area contributed by atoms with Crippen molar-refractivity contribution in [2.45, 2.75) is 37.7 Å². The summed E-state index contributed by atoms with van der Waals surface area (Å²) < 4.78 is 0.918. The zero-order valence-electron chi connectivity index (χ0n) is 9.73. The fraction of sp³-hybridized carbons (Fsp3) is 0.750. The molecule has 17 heavy (non-hydrogen) atoms. The first-order chi connectivity index (χ1) is 8.17. The van der Waals surface area contributed by atoms with Crippen molar-refractivity contribution in [2.24, 2.45) is 5.92 Å². The van der Waals surface area contributed by atoms with E-state index in [0.29, 0.717) is 5.92 Å². The third kappa shape index (κ3) is 2.25. The fourth-order valence-corrected chi connectivity index (χ4v) is 4.42. The number of aromatic nitrogens is 1. The van der Waals surface area contributed by atoms with E-state index in [1.54, 1.807) is 11.3 Å². The van der Waals surface area contributed by atoms with Gasteiger partial charge < -0.3 is 10.0 Å². The summed E-state index contributed by atoms with van der Waals surface area (Å²) in [5.74, 6) is 0.438. The molecule has 2 aliphatic rings. The highest BCUT2D eigenvalue weighted by Crippen LogP contribution is 2.41. The minimum Gasteiger partial charge on any atom is -0.389 e. The predicted octanol–water partition coefficient (Wildman–Crippen LogP) is 3.04. The molecular formula is C12H17BrN2OS. The number of halogens is 1. The third-order valence-corrected chi connectivity index (χ3v) is 5.77. The van der Waals surface area contributed by atoms with Crippen LogP contribution in [0, 0.1) is 5.92 Å². The number of hydrogen-bond acceptors (Lipinski definition) is 4. The Morgan fingerprint density at radius 2 is 2.35 bits per heavy atom. The molecule has 1 saturated heterocycles. The highest BCUT2D eigenvalue weighted by atomic mass is 79.9. The van der Waals surface area contributed by atoms with Crippen LogP contribution in [0.1, 0.15) is 32.1 Å². The Morgan fingerprint density at radius 1 is 1.47 bits per heavy atom. The van der Waals surface area contributed by atoms with Crippen molar-refractivity contribution in [2.75, 3.05) is 18.0 Å². The van der Waals surface area contributed by atoms with Crippen molar-refractivity contribution >= 4 is 32.4 Å². The van der Waals surface area contributed by atoms with E-state index in [2.05, 4.69) is 25.8 Å². The van der Waals surface area contributed by atoms with Crippen molar-refractivity contribution in [1.82, 2.24) is 4.98 Å². The van der Waals surface area contributed by atoms with Crippen molar-refractivity contribution < 1.29 is 5.11 Å². The van der Waals surface area contributed by atoms with Gasteiger partial charge in [-0.05, 0) is 35.2 Å². The molecule has 0 radical (unpaired) electrons. The normalized spacial score (nSPS) is 33.5. The van der Waals surface area contributed by atoms with Gasteiger partial charge in [0.05, 0.1) is 5.60 Å². The lowest BCUT2D eigenvalue weighted by molar-refractivity contribution is -0.0612. The molecule has 3 nitrogen and oxygen atoms in total. The molecule has 2 unspecified atom stereocenters. The van der Waals surface area contributed by atoms with Gasteiger partial charge in [-0.15, -0.1) is 11.3 Å². The zero-order valence-corrected chi connectivity index (χ0v) is 12.1. The van der Waals surface area contributed by atoms with E-state index in [1.807, 2.05) is 5.38 Å². The zero-order chi connectivity index (χ0) is 11.9. The van der Waals surface area contributed by atoms with Crippen molar-refractivity contribution in [3.63, 3.8) is 0 Å². The molecule has 0 bridgehead atoms. The number of thiazole rings is 1. The van der Waals surface area contributed by atoms with Gasteiger partial charge in [0.1, 0.15) is 4.60 Å². The van der Waals surface area contributed by atoms with Crippen LogP contribution < -0.4 is 4.90 Å². The standard InChI is InChI=1S/C12H17BrN2OS/c13-10-8-17-11(14-10)15-6-5-12(16)4-2-1-3-9(12)7-15/h8-9,16H,1-7H2. The summed E-state index contributed by atoms with van der Waals surface area (Å²) in [6.07, 6.45) is 5.51. The SMILES string of the molecule is OC12CCCCC1CN(c1nc(Br)cs1)CC2.